The van der Waals surface area contributed by atoms with E-state index in [1.807, 2.05) is 36.4 Å². The minimum atomic E-state index is 0.474. The lowest BCUT2D eigenvalue weighted by Gasteiger charge is -2.23. The van der Waals surface area contributed by atoms with Gasteiger partial charge in [-0.15, -0.1) is 0 Å². The van der Waals surface area contributed by atoms with Crippen LogP contribution in [0, 0.1) is 0 Å². The van der Waals surface area contributed by atoms with Gasteiger partial charge in [0.25, 0.3) is 0 Å². The standard InChI is InChI=1S/C16H18ClN3O/c1-21-10-9-20(13-7-8-13)15-11-14(17)18-16(19-15)12-5-3-2-4-6-12/h2-6,11,13H,7-10H2,1H3. The summed E-state index contributed by atoms with van der Waals surface area (Å²) in [5.74, 6) is 1.55. The Bertz CT molecular complexity index is 602. The predicted octanol–water partition coefficient (Wildman–Crippen LogP) is 3.41. The van der Waals surface area contributed by atoms with Crippen LogP contribution in [0.3, 0.4) is 0 Å². The first-order chi connectivity index (χ1) is 10.3. The Hall–Kier alpha value is -1.65. The SMILES string of the molecule is COCCN(c1cc(Cl)nc(-c2ccccc2)n1)C1CC1. The number of rotatable bonds is 6. The molecule has 0 bridgehead atoms. The largest absolute Gasteiger partial charge is 0.383 e. The third kappa shape index (κ3) is 3.52. The lowest BCUT2D eigenvalue weighted by Crippen LogP contribution is -2.30. The Morgan fingerprint density at radius 2 is 2.00 bits per heavy atom. The quantitative estimate of drug-likeness (QED) is 0.767. The molecule has 3 rings (SSSR count). The summed E-state index contributed by atoms with van der Waals surface area (Å²) in [5, 5.41) is 0.474. The highest BCUT2D eigenvalue weighted by Crippen LogP contribution is 2.32. The third-order valence-corrected chi connectivity index (χ3v) is 3.73. The first kappa shape index (κ1) is 14.3. The van der Waals surface area contributed by atoms with Crippen molar-refractivity contribution in [1.29, 1.82) is 0 Å². The molecule has 110 valence electrons. The van der Waals surface area contributed by atoms with E-state index >= 15 is 0 Å². The van der Waals surface area contributed by atoms with Crippen molar-refractivity contribution in [2.24, 2.45) is 0 Å². The van der Waals surface area contributed by atoms with Gasteiger partial charge in [-0.2, -0.15) is 0 Å². The van der Waals surface area contributed by atoms with Crippen LogP contribution in [-0.4, -0.2) is 36.3 Å². The second-order valence-electron chi connectivity index (χ2n) is 5.16. The lowest BCUT2D eigenvalue weighted by atomic mass is 10.2. The van der Waals surface area contributed by atoms with E-state index in [0.717, 1.165) is 17.9 Å². The van der Waals surface area contributed by atoms with Crippen LogP contribution in [-0.2, 0) is 4.74 Å². The number of halogens is 1. The van der Waals surface area contributed by atoms with Gasteiger partial charge in [0.05, 0.1) is 6.61 Å². The van der Waals surface area contributed by atoms with E-state index in [-0.39, 0.29) is 0 Å². The number of benzene rings is 1. The van der Waals surface area contributed by atoms with Crippen molar-refractivity contribution >= 4 is 17.4 Å². The molecule has 1 aliphatic carbocycles. The summed E-state index contributed by atoms with van der Waals surface area (Å²) in [7, 11) is 1.72. The molecule has 0 atom stereocenters. The fraction of sp³-hybridized carbons (Fsp3) is 0.375. The molecule has 1 aromatic heterocycles. The molecular formula is C16H18ClN3O. The highest BCUT2D eigenvalue weighted by atomic mass is 35.5. The van der Waals surface area contributed by atoms with Crippen molar-refractivity contribution in [3.05, 3.63) is 41.6 Å². The number of methoxy groups -OCH3 is 1. The maximum absolute atomic E-state index is 6.19. The molecule has 1 fully saturated rings. The van der Waals surface area contributed by atoms with Gasteiger partial charge >= 0.3 is 0 Å². The highest BCUT2D eigenvalue weighted by Gasteiger charge is 2.30. The summed E-state index contributed by atoms with van der Waals surface area (Å²) < 4.78 is 5.20. The summed E-state index contributed by atoms with van der Waals surface area (Å²) in [6, 6.07) is 12.3. The molecule has 5 heteroatoms. The molecule has 0 amide bonds. The Kier molecular flexibility index (Phi) is 4.36. The molecule has 0 aliphatic heterocycles. The van der Waals surface area contributed by atoms with Crippen LogP contribution >= 0.6 is 11.6 Å². The number of ether oxygens (including phenoxy) is 1. The topological polar surface area (TPSA) is 38.2 Å². The van der Waals surface area contributed by atoms with E-state index in [0.29, 0.717) is 23.6 Å². The minimum absolute atomic E-state index is 0.474. The van der Waals surface area contributed by atoms with E-state index in [2.05, 4.69) is 9.88 Å². The summed E-state index contributed by atoms with van der Waals surface area (Å²) in [6.45, 7) is 1.50. The van der Waals surface area contributed by atoms with Gasteiger partial charge in [-0.05, 0) is 12.8 Å². The van der Waals surface area contributed by atoms with Gasteiger partial charge in [-0.1, -0.05) is 41.9 Å². The molecule has 4 nitrogen and oxygen atoms in total. The maximum Gasteiger partial charge on any atom is 0.163 e. The van der Waals surface area contributed by atoms with E-state index in [1.165, 1.54) is 12.8 Å². The molecule has 2 aromatic rings. The van der Waals surface area contributed by atoms with Crippen molar-refractivity contribution in [1.82, 2.24) is 9.97 Å². The predicted molar refractivity (Wildman–Crippen MR) is 84.7 cm³/mol. The molecule has 0 spiro atoms. The van der Waals surface area contributed by atoms with Gasteiger partial charge in [0.15, 0.2) is 5.82 Å². The van der Waals surface area contributed by atoms with Crippen molar-refractivity contribution in [3.63, 3.8) is 0 Å². The zero-order valence-electron chi connectivity index (χ0n) is 12.0. The monoisotopic (exact) mass is 303 g/mol. The van der Waals surface area contributed by atoms with Crippen molar-refractivity contribution in [2.75, 3.05) is 25.2 Å². The van der Waals surface area contributed by atoms with Crippen LogP contribution in [0.5, 0.6) is 0 Å². The molecular weight excluding hydrogens is 286 g/mol. The van der Waals surface area contributed by atoms with Crippen molar-refractivity contribution < 1.29 is 4.74 Å². The van der Waals surface area contributed by atoms with E-state index in [9.17, 15) is 0 Å². The molecule has 0 radical (unpaired) electrons. The molecule has 1 aliphatic rings. The first-order valence-electron chi connectivity index (χ1n) is 7.13. The zero-order chi connectivity index (χ0) is 14.7. The minimum Gasteiger partial charge on any atom is -0.383 e. The summed E-state index contributed by atoms with van der Waals surface area (Å²) >= 11 is 6.19. The Labute approximate surface area is 129 Å². The molecule has 1 saturated carbocycles. The molecule has 1 heterocycles. The molecule has 0 saturated heterocycles. The lowest BCUT2D eigenvalue weighted by molar-refractivity contribution is 0.204. The Balaban J connectivity index is 1.93. The maximum atomic E-state index is 6.19. The van der Waals surface area contributed by atoms with Gasteiger partial charge in [0.1, 0.15) is 11.0 Å². The third-order valence-electron chi connectivity index (χ3n) is 3.53. The fourth-order valence-electron chi connectivity index (χ4n) is 2.33. The number of anilines is 1. The van der Waals surface area contributed by atoms with E-state index in [1.54, 1.807) is 7.11 Å². The van der Waals surface area contributed by atoms with E-state index < -0.39 is 0 Å². The molecule has 21 heavy (non-hydrogen) atoms. The summed E-state index contributed by atoms with van der Waals surface area (Å²) in [4.78, 5) is 11.3. The number of hydrogen-bond acceptors (Lipinski definition) is 4. The summed E-state index contributed by atoms with van der Waals surface area (Å²) in [6.07, 6.45) is 2.40. The molecule has 1 aromatic carbocycles. The normalized spacial score (nSPS) is 14.2. The van der Waals surface area contributed by atoms with Gasteiger partial charge in [-0.3, -0.25) is 0 Å². The summed E-state index contributed by atoms with van der Waals surface area (Å²) in [5.41, 5.74) is 0.976. The number of nitrogens with zero attached hydrogens (tertiary/aromatic N) is 3. The average molecular weight is 304 g/mol. The van der Waals surface area contributed by atoms with Crippen molar-refractivity contribution in [2.45, 2.75) is 18.9 Å². The first-order valence-corrected chi connectivity index (χ1v) is 7.51. The molecule has 0 unspecified atom stereocenters. The van der Waals surface area contributed by atoms with Gasteiger partial charge in [0, 0.05) is 31.3 Å². The van der Waals surface area contributed by atoms with Crippen LogP contribution in [0.15, 0.2) is 36.4 Å². The molecule has 0 N–H and O–H groups in total. The van der Waals surface area contributed by atoms with Gasteiger partial charge in [0.2, 0.25) is 0 Å². The number of aromatic nitrogens is 2. The second kappa shape index (κ2) is 6.41. The van der Waals surface area contributed by atoms with Crippen LogP contribution < -0.4 is 4.90 Å². The second-order valence-corrected chi connectivity index (χ2v) is 5.54. The Morgan fingerprint density at radius 1 is 1.24 bits per heavy atom. The zero-order valence-corrected chi connectivity index (χ0v) is 12.8. The van der Waals surface area contributed by atoms with Gasteiger partial charge < -0.3 is 9.64 Å². The van der Waals surface area contributed by atoms with Crippen molar-refractivity contribution in [3.8, 4) is 11.4 Å². The van der Waals surface area contributed by atoms with Crippen LogP contribution in [0.25, 0.3) is 11.4 Å². The fourth-order valence-corrected chi connectivity index (χ4v) is 2.51. The highest BCUT2D eigenvalue weighted by molar-refractivity contribution is 6.29. The Morgan fingerprint density at radius 3 is 2.67 bits per heavy atom. The average Bonchev–Trinajstić information content (AvgIpc) is 3.33. The number of hydrogen-bond donors (Lipinski definition) is 0. The van der Waals surface area contributed by atoms with Gasteiger partial charge in [-0.25, -0.2) is 9.97 Å². The van der Waals surface area contributed by atoms with Crippen LogP contribution in [0.1, 0.15) is 12.8 Å². The van der Waals surface area contributed by atoms with Crippen LogP contribution in [0.4, 0.5) is 5.82 Å². The smallest absolute Gasteiger partial charge is 0.163 e. The van der Waals surface area contributed by atoms with Crippen LogP contribution in [0.2, 0.25) is 5.15 Å². The van der Waals surface area contributed by atoms with E-state index in [4.69, 9.17) is 21.3 Å².